The van der Waals surface area contributed by atoms with Gasteiger partial charge in [0.1, 0.15) is 5.56 Å². The maximum Gasteiger partial charge on any atom is 0.282 e. The molecule has 0 aliphatic carbocycles. The summed E-state index contributed by atoms with van der Waals surface area (Å²) < 4.78 is 5.19. The highest BCUT2D eigenvalue weighted by molar-refractivity contribution is 5.99. The first-order chi connectivity index (χ1) is 9.30. The van der Waals surface area contributed by atoms with Gasteiger partial charge < -0.3 is 15.4 Å². The van der Waals surface area contributed by atoms with Crippen molar-refractivity contribution in [3.05, 3.63) is 33.9 Å². The first-order valence-corrected chi connectivity index (χ1v) is 6.10. The van der Waals surface area contributed by atoms with Crippen molar-refractivity contribution < 1.29 is 14.5 Å². The maximum atomic E-state index is 12.1. The Hall–Kier alpha value is -2.15. The summed E-state index contributed by atoms with van der Waals surface area (Å²) in [5.74, 6) is -0.501. The lowest BCUT2D eigenvalue weighted by atomic mass is 10.1. The lowest BCUT2D eigenvalue weighted by Crippen LogP contribution is -2.39. The molecule has 7 heteroatoms. The van der Waals surface area contributed by atoms with Crippen LogP contribution in [0.1, 0.15) is 24.2 Å². The largest absolute Gasteiger partial charge is 0.388 e. The standard InChI is InChI=1S/C13H19N3O4/c1-13(2,20-4)8-15-12(17)10-7-9(14-3)5-6-11(10)16(18)19/h5-7,14H,8H2,1-4H3,(H,15,17). The van der Waals surface area contributed by atoms with E-state index in [0.29, 0.717) is 5.69 Å². The molecule has 2 N–H and O–H groups in total. The first kappa shape index (κ1) is 15.9. The summed E-state index contributed by atoms with van der Waals surface area (Å²) in [5, 5.41) is 16.4. The van der Waals surface area contributed by atoms with Crippen molar-refractivity contribution in [3.8, 4) is 0 Å². The highest BCUT2D eigenvalue weighted by Crippen LogP contribution is 2.22. The van der Waals surface area contributed by atoms with Crippen molar-refractivity contribution >= 4 is 17.3 Å². The number of rotatable bonds is 6. The molecule has 0 heterocycles. The van der Waals surface area contributed by atoms with Crippen LogP contribution < -0.4 is 10.6 Å². The van der Waals surface area contributed by atoms with Gasteiger partial charge in [-0.15, -0.1) is 0 Å². The Bertz CT molecular complexity index is 514. The number of nitrogens with one attached hydrogen (secondary N) is 2. The van der Waals surface area contributed by atoms with Crippen LogP contribution in [0, 0.1) is 10.1 Å². The third kappa shape index (κ3) is 3.92. The predicted octanol–water partition coefficient (Wildman–Crippen LogP) is 1.79. The Balaban J connectivity index is 2.98. The Morgan fingerprint density at radius 2 is 2.10 bits per heavy atom. The van der Waals surface area contributed by atoms with Crippen LogP contribution in [0.15, 0.2) is 18.2 Å². The smallest absolute Gasteiger partial charge is 0.282 e. The van der Waals surface area contributed by atoms with Gasteiger partial charge in [0.25, 0.3) is 11.6 Å². The molecule has 0 bridgehead atoms. The quantitative estimate of drug-likeness (QED) is 0.612. The van der Waals surface area contributed by atoms with Crippen LogP contribution >= 0.6 is 0 Å². The molecular weight excluding hydrogens is 262 g/mol. The molecular formula is C13H19N3O4. The zero-order chi connectivity index (χ0) is 15.3. The fourth-order valence-corrected chi connectivity index (χ4v) is 1.49. The zero-order valence-corrected chi connectivity index (χ0v) is 12.0. The number of carbonyl (C=O) groups is 1. The molecule has 0 atom stereocenters. The number of hydrogen-bond donors (Lipinski definition) is 2. The van der Waals surface area contributed by atoms with Crippen LogP contribution in [-0.2, 0) is 4.74 Å². The predicted molar refractivity (Wildman–Crippen MR) is 76.1 cm³/mol. The van der Waals surface area contributed by atoms with E-state index in [9.17, 15) is 14.9 Å². The molecule has 0 aliphatic rings. The summed E-state index contributed by atoms with van der Waals surface area (Å²) in [6.45, 7) is 3.88. The summed E-state index contributed by atoms with van der Waals surface area (Å²) in [6, 6.07) is 4.31. The monoisotopic (exact) mass is 281 g/mol. The van der Waals surface area contributed by atoms with Gasteiger partial charge in [-0.2, -0.15) is 0 Å². The van der Waals surface area contributed by atoms with E-state index in [4.69, 9.17) is 4.74 Å². The summed E-state index contributed by atoms with van der Waals surface area (Å²) in [5.41, 5.74) is -0.109. The number of methoxy groups -OCH3 is 1. The van der Waals surface area contributed by atoms with Crippen molar-refractivity contribution in [2.24, 2.45) is 0 Å². The van der Waals surface area contributed by atoms with Gasteiger partial charge in [-0.05, 0) is 26.0 Å². The highest BCUT2D eigenvalue weighted by Gasteiger charge is 2.23. The molecule has 0 spiro atoms. The highest BCUT2D eigenvalue weighted by atomic mass is 16.6. The molecule has 0 fully saturated rings. The van der Waals surface area contributed by atoms with Crippen molar-refractivity contribution in [3.63, 3.8) is 0 Å². The van der Waals surface area contributed by atoms with Gasteiger partial charge in [0.2, 0.25) is 0 Å². The second kappa shape index (κ2) is 6.33. The minimum absolute atomic E-state index is 0.0220. The van der Waals surface area contributed by atoms with E-state index in [1.54, 1.807) is 13.1 Å². The van der Waals surface area contributed by atoms with Gasteiger partial charge >= 0.3 is 0 Å². The second-order valence-corrected chi connectivity index (χ2v) is 4.89. The van der Waals surface area contributed by atoms with Crippen molar-refractivity contribution in [1.29, 1.82) is 0 Å². The normalized spacial score (nSPS) is 11.0. The number of amides is 1. The molecule has 0 aromatic heterocycles. The molecule has 1 amide bonds. The molecule has 0 saturated carbocycles. The Morgan fingerprint density at radius 3 is 2.60 bits per heavy atom. The van der Waals surface area contributed by atoms with E-state index in [1.165, 1.54) is 19.2 Å². The summed E-state index contributed by atoms with van der Waals surface area (Å²) >= 11 is 0. The van der Waals surface area contributed by atoms with Gasteiger partial charge in [0.15, 0.2) is 0 Å². The van der Waals surface area contributed by atoms with Crippen molar-refractivity contribution in [2.45, 2.75) is 19.4 Å². The van der Waals surface area contributed by atoms with Crippen LogP contribution in [0.2, 0.25) is 0 Å². The first-order valence-electron chi connectivity index (χ1n) is 6.10. The average molecular weight is 281 g/mol. The van der Waals surface area contributed by atoms with E-state index in [-0.39, 0.29) is 17.8 Å². The van der Waals surface area contributed by atoms with E-state index in [1.807, 2.05) is 13.8 Å². The van der Waals surface area contributed by atoms with Gasteiger partial charge in [-0.25, -0.2) is 0 Å². The van der Waals surface area contributed by atoms with E-state index in [0.717, 1.165) is 0 Å². The van der Waals surface area contributed by atoms with Gasteiger partial charge in [0, 0.05) is 32.5 Å². The molecule has 0 radical (unpaired) electrons. The minimum Gasteiger partial charge on any atom is -0.388 e. The fraction of sp³-hybridized carbons (Fsp3) is 0.462. The molecule has 7 nitrogen and oxygen atoms in total. The van der Waals surface area contributed by atoms with Crippen LogP contribution in [-0.4, -0.2) is 37.1 Å². The second-order valence-electron chi connectivity index (χ2n) is 4.89. The molecule has 1 aromatic carbocycles. The molecule has 1 aromatic rings. The number of nitrogens with zero attached hydrogens (tertiary/aromatic N) is 1. The number of nitro groups is 1. The van der Waals surface area contributed by atoms with Crippen LogP contribution in [0.3, 0.4) is 0 Å². The van der Waals surface area contributed by atoms with E-state index >= 15 is 0 Å². The molecule has 0 unspecified atom stereocenters. The van der Waals surface area contributed by atoms with E-state index in [2.05, 4.69) is 10.6 Å². The topological polar surface area (TPSA) is 93.5 Å². The van der Waals surface area contributed by atoms with Crippen LogP contribution in [0.25, 0.3) is 0 Å². The van der Waals surface area contributed by atoms with Gasteiger partial charge in [-0.3, -0.25) is 14.9 Å². The lowest BCUT2D eigenvalue weighted by molar-refractivity contribution is -0.385. The number of hydrogen-bond acceptors (Lipinski definition) is 5. The fourth-order valence-electron chi connectivity index (χ4n) is 1.49. The van der Waals surface area contributed by atoms with Crippen LogP contribution in [0.5, 0.6) is 0 Å². The summed E-state index contributed by atoms with van der Waals surface area (Å²) in [4.78, 5) is 22.5. The molecule has 0 aliphatic heterocycles. The lowest BCUT2D eigenvalue weighted by Gasteiger charge is -2.23. The SMILES string of the molecule is CNc1ccc([N+](=O)[O-])c(C(=O)NCC(C)(C)OC)c1. The summed E-state index contributed by atoms with van der Waals surface area (Å²) in [6.07, 6.45) is 0. The number of carbonyl (C=O) groups excluding carboxylic acids is 1. The Labute approximate surface area is 117 Å². The average Bonchev–Trinajstić information content (AvgIpc) is 2.44. The maximum absolute atomic E-state index is 12.1. The third-order valence-electron chi connectivity index (χ3n) is 2.95. The Kier molecular flexibility index (Phi) is 5.04. The number of benzene rings is 1. The minimum atomic E-state index is -0.574. The van der Waals surface area contributed by atoms with Crippen molar-refractivity contribution in [1.82, 2.24) is 5.32 Å². The Morgan fingerprint density at radius 1 is 1.45 bits per heavy atom. The summed E-state index contributed by atoms with van der Waals surface area (Å²) in [7, 11) is 3.22. The van der Waals surface area contributed by atoms with Crippen LogP contribution in [0.4, 0.5) is 11.4 Å². The van der Waals surface area contributed by atoms with Gasteiger partial charge in [0.05, 0.1) is 10.5 Å². The molecule has 20 heavy (non-hydrogen) atoms. The molecule has 110 valence electrons. The number of ether oxygens (including phenoxy) is 1. The van der Waals surface area contributed by atoms with Crippen molar-refractivity contribution in [2.75, 3.05) is 26.0 Å². The molecule has 1 rings (SSSR count). The number of nitro benzene ring substituents is 1. The van der Waals surface area contributed by atoms with Gasteiger partial charge in [-0.1, -0.05) is 0 Å². The zero-order valence-electron chi connectivity index (χ0n) is 12.0. The number of anilines is 1. The third-order valence-corrected chi connectivity index (χ3v) is 2.95. The van der Waals surface area contributed by atoms with E-state index < -0.39 is 16.4 Å². The molecule has 0 saturated heterocycles.